The third kappa shape index (κ3) is 3.80. The minimum absolute atomic E-state index is 0.262. The number of methoxy groups -OCH3 is 1. The summed E-state index contributed by atoms with van der Waals surface area (Å²) in [4.78, 5) is 33.6. The molecule has 0 aliphatic rings. The zero-order valence-corrected chi connectivity index (χ0v) is 12.7. The molecular formula is C16H15N3O5. The van der Waals surface area contributed by atoms with Crippen LogP contribution in [0, 0.1) is 0 Å². The van der Waals surface area contributed by atoms with Crippen LogP contribution >= 0.6 is 0 Å². The van der Waals surface area contributed by atoms with Crippen molar-refractivity contribution >= 4 is 23.8 Å². The molecule has 24 heavy (non-hydrogen) atoms. The van der Waals surface area contributed by atoms with Crippen molar-refractivity contribution in [1.29, 1.82) is 0 Å². The quantitative estimate of drug-likeness (QED) is 0.588. The predicted molar refractivity (Wildman–Crippen MR) is 86.4 cm³/mol. The Labute approximate surface area is 137 Å². The van der Waals surface area contributed by atoms with Gasteiger partial charge >= 0.3 is 18.1 Å². The van der Waals surface area contributed by atoms with E-state index in [4.69, 9.17) is 10.8 Å². The van der Waals surface area contributed by atoms with E-state index in [2.05, 4.69) is 4.74 Å². The second-order valence-electron chi connectivity index (χ2n) is 4.71. The summed E-state index contributed by atoms with van der Waals surface area (Å²) in [7, 11) is 1.30. The number of hydrogen-bond acceptors (Lipinski definition) is 4. The summed E-state index contributed by atoms with van der Waals surface area (Å²) in [5.74, 6) is -0.445. The molecule has 4 N–H and O–H groups in total. The van der Waals surface area contributed by atoms with Crippen LogP contribution in [0.25, 0.3) is 11.1 Å². The first kappa shape index (κ1) is 16.8. The number of nitrogens with one attached hydrogen (secondary N) is 1. The molecule has 2 rings (SSSR count). The third-order valence-corrected chi connectivity index (χ3v) is 3.17. The van der Waals surface area contributed by atoms with E-state index in [-0.39, 0.29) is 5.69 Å². The van der Waals surface area contributed by atoms with E-state index in [1.165, 1.54) is 19.2 Å². The van der Waals surface area contributed by atoms with Gasteiger partial charge in [-0.05, 0) is 35.4 Å². The van der Waals surface area contributed by atoms with E-state index >= 15 is 0 Å². The number of anilines is 1. The van der Waals surface area contributed by atoms with Gasteiger partial charge in [0.2, 0.25) is 0 Å². The molecule has 2 aromatic carbocycles. The van der Waals surface area contributed by atoms with Gasteiger partial charge in [0.1, 0.15) is 0 Å². The molecule has 8 nitrogen and oxygen atoms in total. The van der Waals surface area contributed by atoms with E-state index < -0.39 is 18.1 Å². The number of urea groups is 1. The first-order valence-electron chi connectivity index (χ1n) is 6.80. The molecule has 8 heteroatoms. The van der Waals surface area contributed by atoms with Crippen molar-refractivity contribution in [2.75, 3.05) is 12.1 Å². The topological polar surface area (TPSA) is 122 Å². The number of primary amides is 1. The van der Waals surface area contributed by atoms with Crippen LogP contribution in [0.3, 0.4) is 0 Å². The summed E-state index contributed by atoms with van der Waals surface area (Å²) in [6.07, 6.45) is -1.41. The number of ether oxygens (including phenoxy) is 1. The Kier molecular flexibility index (Phi) is 5.00. The van der Waals surface area contributed by atoms with Gasteiger partial charge in [-0.1, -0.05) is 24.3 Å². The van der Waals surface area contributed by atoms with Gasteiger partial charge in [0, 0.05) is 0 Å². The molecule has 0 saturated heterocycles. The average Bonchev–Trinajstić information content (AvgIpc) is 2.59. The fourth-order valence-corrected chi connectivity index (χ4v) is 2.09. The highest BCUT2D eigenvalue weighted by molar-refractivity contribution is 5.93. The molecule has 0 aliphatic carbocycles. The van der Waals surface area contributed by atoms with Crippen LogP contribution in [0.2, 0.25) is 0 Å². The summed E-state index contributed by atoms with van der Waals surface area (Å²) in [5.41, 5.74) is 9.25. The standard InChI is InChI=1S/C16H15N3O5/c1-24-14(20)12-4-2-3-11(9-12)10-5-7-13(8-6-10)19(15(17)21)18-16(22)23/h2-9,18H,1H3,(H2,17,21)(H,22,23). The zero-order chi connectivity index (χ0) is 17.7. The average molecular weight is 329 g/mol. The molecule has 0 radical (unpaired) electrons. The van der Waals surface area contributed by atoms with E-state index in [1.54, 1.807) is 30.3 Å². The number of esters is 1. The molecule has 0 aromatic heterocycles. The maximum atomic E-state index is 11.6. The molecule has 0 bridgehead atoms. The highest BCUT2D eigenvalue weighted by atomic mass is 16.5. The number of carbonyl (C=O) groups is 3. The van der Waals surface area contributed by atoms with Crippen LogP contribution in [0.5, 0.6) is 0 Å². The molecule has 0 unspecified atom stereocenters. The van der Waals surface area contributed by atoms with Crippen molar-refractivity contribution in [1.82, 2.24) is 5.43 Å². The number of carbonyl (C=O) groups excluding carboxylic acids is 2. The highest BCUT2D eigenvalue weighted by Gasteiger charge is 2.15. The molecule has 0 heterocycles. The number of hydrazine groups is 1. The lowest BCUT2D eigenvalue weighted by atomic mass is 10.0. The highest BCUT2D eigenvalue weighted by Crippen LogP contribution is 2.24. The van der Waals surface area contributed by atoms with Gasteiger partial charge < -0.3 is 15.6 Å². The summed E-state index contributed by atoms with van der Waals surface area (Å²) >= 11 is 0. The Morgan fingerprint density at radius 1 is 1.08 bits per heavy atom. The van der Waals surface area contributed by atoms with Gasteiger partial charge in [-0.2, -0.15) is 0 Å². The van der Waals surface area contributed by atoms with Crippen molar-refractivity contribution in [2.24, 2.45) is 5.73 Å². The monoisotopic (exact) mass is 329 g/mol. The SMILES string of the molecule is COC(=O)c1cccc(-c2ccc(N(NC(=O)O)C(N)=O)cc2)c1. The predicted octanol–water partition coefficient (Wildman–Crippen LogP) is 2.21. The van der Waals surface area contributed by atoms with Crippen molar-refractivity contribution in [3.8, 4) is 11.1 Å². The minimum atomic E-state index is -1.41. The van der Waals surface area contributed by atoms with Gasteiger partial charge in [0.25, 0.3) is 0 Å². The van der Waals surface area contributed by atoms with Gasteiger partial charge in [-0.3, -0.25) is 0 Å². The van der Waals surface area contributed by atoms with E-state index in [0.717, 1.165) is 11.1 Å². The first-order chi connectivity index (χ1) is 11.4. The Balaban J connectivity index is 2.30. The Morgan fingerprint density at radius 2 is 1.75 bits per heavy atom. The second-order valence-corrected chi connectivity index (χ2v) is 4.71. The molecule has 0 aliphatic heterocycles. The summed E-state index contributed by atoms with van der Waals surface area (Å²) < 4.78 is 4.68. The Hall–Kier alpha value is -3.55. The van der Waals surface area contributed by atoms with E-state index in [9.17, 15) is 14.4 Å². The Bertz CT molecular complexity index is 774. The lowest BCUT2D eigenvalue weighted by molar-refractivity contribution is 0.0600. The molecule has 3 amide bonds. The van der Waals surface area contributed by atoms with Crippen LogP contribution in [0.15, 0.2) is 48.5 Å². The van der Waals surface area contributed by atoms with Crippen molar-refractivity contribution in [3.63, 3.8) is 0 Å². The summed E-state index contributed by atoms with van der Waals surface area (Å²) in [6, 6.07) is 12.3. The van der Waals surface area contributed by atoms with Crippen LogP contribution in [-0.2, 0) is 4.74 Å². The van der Waals surface area contributed by atoms with E-state index in [1.807, 2.05) is 11.5 Å². The smallest absolute Gasteiger partial charge is 0.424 e. The van der Waals surface area contributed by atoms with Gasteiger partial charge in [0.05, 0.1) is 18.4 Å². The van der Waals surface area contributed by atoms with Crippen molar-refractivity contribution < 1.29 is 24.2 Å². The zero-order valence-electron chi connectivity index (χ0n) is 12.7. The fraction of sp³-hybridized carbons (Fsp3) is 0.0625. The maximum absolute atomic E-state index is 11.6. The number of benzene rings is 2. The van der Waals surface area contributed by atoms with Crippen LogP contribution in [0.4, 0.5) is 15.3 Å². The number of amides is 3. The summed E-state index contributed by atoms with van der Waals surface area (Å²) in [6.45, 7) is 0. The molecule has 2 aromatic rings. The number of nitrogens with zero attached hydrogens (tertiary/aromatic N) is 1. The number of hydrogen-bond donors (Lipinski definition) is 3. The number of rotatable bonds is 3. The van der Waals surface area contributed by atoms with Crippen LogP contribution in [-0.4, -0.2) is 30.3 Å². The number of nitrogens with two attached hydrogens (primary N) is 1. The van der Waals surface area contributed by atoms with Crippen molar-refractivity contribution in [3.05, 3.63) is 54.1 Å². The molecular weight excluding hydrogens is 314 g/mol. The third-order valence-electron chi connectivity index (χ3n) is 3.17. The van der Waals surface area contributed by atoms with Gasteiger partial charge in [-0.15, -0.1) is 0 Å². The maximum Gasteiger partial charge on any atom is 0.424 e. The molecule has 0 saturated carbocycles. The normalized spacial score (nSPS) is 9.88. The van der Waals surface area contributed by atoms with Crippen LogP contribution in [0.1, 0.15) is 10.4 Å². The molecule has 124 valence electrons. The molecule has 0 spiro atoms. The van der Waals surface area contributed by atoms with Crippen LogP contribution < -0.4 is 16.2 Å². The van der Waals surface area contributed by atoms with Crippen molar-refractivity contribution in [2.45, 2.75) is 0 Å². The van der Waals surface area contributed by atoms with E-state index in [0.29, 0.717) is 10.6 Å². The van der Waals surface area contributed by atoms with Gasteiger partial charge in [-0.25, -0.2) is 24.8 Å². The fourth-order valence-electron chi connectivity index (χ4n) is 2.09. The number of carboxylic acid groups (broad SMARTS) is 1. The Morgan fingerprint density at radius 3 is 2.29 bits per heavy atom. The minimum Gasteiger partial charge on any atom is -0.465 e. The lowest BCUT2D eigenvalue weighted by Gasteiger charge is -2.19. The summed E-state index contributed by atoms with van der Waals surface area (Å²) in [5, 5.41) is 9.43. The lowest BCUT2D eigenvalue weighted by Crippen LogP contribution is -2.48. The second kappa shape index (κ2) is 7.14. The first-order valence-corrected chi connectivity index (χ1v) is 6.80. The van der Waals surface area contributed by atoms with Gasteiger partial charge in [0.15, 0.2) is 0 Å². The molecule has 0 fully saturated rings. The molecule has 0 atom stereocenters. The largest absolute Gasteiger partial charge is 0.465 e.